The smallest absolute Gasteiger partial charge is 0.243 e. The van der Waals surface area contributed by atoms with E-state index in [0.717, 1.165) is 43.8 Å². The Morgan fingerprint density at radius 3 is 2.33 bits per heavy atom. The van der Waals surface area contributed by atoms with Gasteiger partial charge in [-0.05, 0) is 56.3 Å². The standard InChI is InChI=1S/C15H24N2O/c18-14-15(7-1-2-8-15)16-10-17(14)9-13(11-3-4-11)12-5-6-12/h11-13,16H,1-10H2. The first kappa shape index (κ1) is 11.3. The number of carbonyl (C=O) groups excluding carboxylic acids is 1. The van der Waals surface area contributed by atoms with Crippen molar-refractivity contribution < 1.29 is 4.79 Å². The Labute approximate surface area is 109 Å². The van der Waals surface area contributed by atoms with Crippen LogP contribution in [0.4, 0.5) is 0 Å². The quantitative estimate of drug-likeness (QED) is 0.826. The molecule has 3 nitrogen and oxygen atoms in total. The SMILES string of the molecule is O=C1N(CC(C2CC2)C2CC2)CNC12CCCC2. The lowest BCUT2D eigenvalue weighted by atomic mass is 9.95. The van der Waals surface area contributed by atoms with Crippen LogP contribution in [0.15, 0.2) is 0 Å². The van der Waals surface area contributed by atoms with Crippen LogP contribution < -0.4 is 5.32 Å². The van der Waals surface area contributed by atoms with Crippen LogP contribution >= 0.6 is 0 Å². The molecule has 1 spiro atoms. The summed E-state index contributed by atoms with van der Waals surface area (Å²) in [4.78, 5) is 14.8. The van der Waals surface area contributed by atoms with Gasteiger partial charge in [-0.2, -0.15) is 0 Å². The maximum atomic E-state index is 12.6. The van der Waals surface area contributed by atoms with Crippen molar-refractivity contribution >= 4 is 5.91 Å². The fourth-order valence-corrected chi connectivity index (χ4v) is 4.20. The highest BCUT2D eigenvalue weighted by molar-refractivity contribution is 5.88. The van der Waals surface area contributed by atoms with Gasteiger partial charge in [-0.15, -0.1) is 0 Å². The van der Waals surface area contributed by atoms with E-state index in [1.54, 1.807) is 0 Å². The number of nitrogens with zero attached hydrogens (tertiary/aromatic N) is 1. The predicted octanol–water partition coefficient (Wildman–Crippen LogP) is 2.12. The Morgan fingerprint density at radius 2 is 1.78 bits per heavy atom. The Hall–Kier alpha value is -0.570. The minimum Gasteiger partial charge on any atom is -0.328 e. The molecule has 4 rings (SSSR count). The second-order valence-electron chi connectivity index (χ2n) is 6.99. The summed E-state index contributed by atoms with van der Waals surface area (Å²) in [6.07, 6.45) is 10.3. The van der Waals surface area contributed by atoms with Gasteiger partial charge in [-0.3, -0.25) is 10.1 Å². The van der Waals surface area contributed by atoms with Gasteiger partial charge in [0.1, 0.15) is 0 Å². The number of hydrogen-bond donors (Lipinski definition) is 1. The zero-order valence-corrected chi connectivity index (χ0v) is 11.2. The minimum atomic E-state index is -0.141. The number of amides is 1. The van der Waals surface area contributed by atoms with E-state index >= 15 is 0 Å². The Kier molecular flexibility index (Phi) is 2.48. The third-order valence-electron chi connectivity index (χ3n) is 5.65. The van der Waals surface area contributed by atoms with Crippen LogP contribution in [0.5, 0.6) is 0 Å². The average Bonchev–Trinajstić information content (AvgIpc) is 3.30. The molecule has 3 heteroatoms. The van der Waals surface area contributed by atoms with E-state index in [1.807, 2.05) is 0 Å². The Bertz CT molecular complexity index is 342. The molecule has 0 bridgehead atoms. The first-order valence-electron chi connectivity index (χ1n) is 7.83. The summed E-state index contributed by atoms with van der Waals surface area (Å²) in [5.74, 6) is 3.15. The second kappa shape index (κ2) is 3.96. The van der Waals surface area contributed by atoms with E-state index in [4.69, 9.17) is 0 Å². The van der Waals surface area contributed by atoms with Gasteiger partial charge in [0.2, 0.25) is 5.91 Å². The largest absolute Gasteiger partial charge is 0.328 e. The van der Waals surface area contributed by atoms with Gasteiger partial charge < -0.3 is 4.90 Å². The molecule has 0 atom stereocenters. The van der Waals surface area contributed by atoms with Crippen molar-refractivity contribution in [2.24, 2.45) is 17.8 Å². The van der Waals surface area contributed by atoms with E-state index in [2.05, 4.69) is 10.2 Å². The molecule has 0 unspecified atom stereocenters. The number of carbonyl (C=O) groups is 1. The molecular weight excluding hydrogens is 224 g/mol. The lowest BCUT2D eigenvalue weighted by Crippen LogP contribution is -2.44. The zero-order chi connectivity index (χ0) is 12.2. The Morgan fingerprint density at radius 1 is 1.17 bits per heavy atom. The van der Waals surface area contributed by atoms with Crippen LogP contribution in [-0.2, 0) is 4.79 Å². The van der Waals surface area contributed by atoms with Crippen LogP contribution in [0.2, 0.25) is 0 Å². The molecule has 1 N–H and O–H groups in total. The van der Waals surface area contributed by atoms with Crippen LogP contribution in [0, 0.1) is 17.8 Å². The van der Waals surface area contributed by atoms with Gasteiger partial charge in [0.15, 0.2) is 0 Å². The molecule has 3 aliphatic carbocycles. The van der Waals surface area contributed by atoms with Gasteiger partial charge in [0.05, 0.1) is 12.2 Å². The van der Waals surface area contributed by atoms with Crippen LogP contribution in [0.1, 0.15) is 51.4 Å². The van der Waals surface area contributed by atoms with E-state index < -0.39 is 0 Å². The number of rotatable bonds is 4. The summed E-state index contributed by atoms with van der Waals surface area (Å²) in [5.41, 5.74) is -0.141. The normalized spacial score (nSPS) is 30.9. The summed E-state index contributed by atoms with van der Waals surface area (Å²) in [6.45, 7) is 1.86. The van der Waals surface area contributed by atoms with E-state index in [0.29, 0.717) is 5.91 Å². The molecule has 3 saturated carbocycles. The molecule has 0 aromatic heterocycles. The molecule has 4 aliphatic rings. The first-order valence-corrected chi connectivity index (χ1v) is 7.83. The topological polar surface area (TPSA) is 32.3 Å². The molecular formula is C15H24N2O. The van der Waals surface area contributed by atoms with E-state index in [9.17, 15) is 4.79 Å². The van der Waals surface area contributed by atoms with Crippen LogP contribution in [-0.4, -0.2) is 29.6 Å². The van der Waals surface area contributed by atoms with Crippen LogP contribution in [0.25, 0.3) is 0 Å². The van der Waals surface area contributed by atoms with E-state index in [1.165, 1.54) is 38.5 Å². The molecule has 100 valence electrons. The maximum absolute atomic E-state index is 12.6. The van der Waals surface area contributed by atoms with Gasteiger partial charge >= 0.3 is 0 Å². The zero-order valence-electron chi connectivity index (χ0n) is 11.2. The monoisotopic (exact) mass is 248 g/mol. The highest BCUT2D eigenvalue weighted by atomic mass is 16.2. The van der Waals surface area contributed by atoms with E-state index in [-0.39, 0.29) is 5.54 Å². The van der Waals surface area contributed by atoms with Gasteiger partial charge in [0, 0.05) is 6.54 Å². The molecule has 18 heavy (non-hydrogen) atoms. The van der Waals surface area contributed by atoms with Crippen molar-refractivity contribution in [1.82, 2.24) is 10.2 Å². The van der Waals surface area contributed by atoms with Crippen molar-refractivity contribution in [3.8, 4) is 0 Å². The predicted molar refractivity (Wildman–Crippen MR) is 69.9 cm³/mol. The van der Waals surface area contributed by atoms with Crippen molar-refractivity contribution in [3.05, 3.63) is 0 Å². The summed E-state index contributed by atoms with van der Waals surface area (Å²) in [7, 11) is 0. The second-order valence-corrected chi connectivity index (χ2v) is 6.99. The summed E-state index contributed by atoms with van der Waals surface area (Å²) in [6, 6.07) is 0. The first-order chi connectivity index (χ1) is 8.78. The lowest BCUT2D eigenvalue weighted by Gasteiger charge is -2.25. The van der Waals surface area contributed by atoms with Crippen molar-refractivity contribution in [2.75, 3.05) is 13.2 Å². The Balaban J connectivity index is 1.44. The fraction of sp³-hybridized carbons (Fsp3) is 0.933. The maximum Gasteiger partial charge on any atom is 0.243 e. The molecule has 1 aliphatic heterocycles. The molecule has 0 aromatic rings. The number of nitrogens with one attached hydrogen (secondary N) is 1. The molecule has 4 fully saturated rings. The third-order valence-corrected chi connectivity index (χ3v) is 5.65. The third kappa shape index (κ3) is 1.78. The average molecular weight is 248 g/mol. The molecule has 0 aromatic carbocycles. The van der Waals surface area contributed by atoms with Crippen molar-refractivity contribution in [1.29, 1.82) is 0 Å². The highest BCUT2D eigenvalue weighted by Gasteiger charge is 2.50. The summed E-state index contributed by atoms with van der Waals surface area (Å²) in [5, 5.41) is 3.53. The van der Waals surface area contributed by atoms with Gasteiger partial charge in [0.25, 0.3) is 0 Å². The summed E-state index contributed by atoms with van der Waals surface area (Å²) >= 11 is 0. The fourth-order valence-electron chi connectivity index (χ4n) is 4.20. The number of hydrogen-bond acceptors (Lipinski definition) is 2. The van der Waals surface area contributed by atoms with Crippen LogP contribution in [0.3, 0.4) is 0 Å². The van der Waals surface area contributed by atoms with Gasteiger partial charge in [-0.1, -0.05) is 12.8 Å². The highest BCUT2D eigenvalue weighted by Crippen LogP contribution is 2.50. The minimum absolute atomic E-state index is 0.141. The molecule has 1 heterocycles. The molecule has 1 saturated heterocycles. The molecule has 0 radical (unpaired) electrons. The van der Waals surface area contributed by atoms with Gasteiger partial charge in [-0.25, -0.2) is 0 Å². The summed E-state index contributed by atoms with van der Waals surface area (Å²) < 4.78 is 0. The van der Waals surface area contributed by atoms with Crippen molar-refractivity contribution in [2.45, 2.75) is 56.9 Å². The lowest BCUT2D eigenvalue weighted by molar-refractivity contribution is -0.133. The molecule has 1 amide bonds. The van der Waals surface area contributed by atoms with Crippen molar-refractivity contribution in [3.63, 3.8) is 0 Å².